The van der Waals surface area contributed by atoms with Gasteiger partial charge in [0.2, 0.25) is 10.0 Å². The van der Waals surface area contributed by atoms with Crippen molar-refractivity contribution in [1.82, 2.24) is 9.62 Å². The van der Waals surface area contributed by atoms with E-state index in [2.05, 4.69) is 27.8 Å². The molecule has 0 fully saturated rings. The molecule has 0 unspecified atom stereocenters. The minimum atomic E-state index is -3.47. The van der Waals surface area contributed by atoms with Gasteiger partial charge in [-0.1, -0.05) is 24.3 Å². The van der Waals surface area contributed by atoms with E-state index >= 15 is 0 Å². The minimum absolute atomic E-state index is 0.246. The van der Waals surface area contributed by atoms with Crippen LogP contribution in [0.15, 0.2) is 53.4 Å². The van der Waals surface area contributed by atoms with Gasteiger partial charge < -0.3 is 5.73 Å². The molecule has 3 rings (SSSR count). The Hall–Kier alpha value is -1.89. The summed E-state index contributed by atoms with van der Waals surface area (Å²) in [6.45, 7) is 2.93. The van der Waals surface area contributed by atoms with Crippen LogP contribution in [-0.4, -0.2) is 33.0 Å². The Balaban J connectivity index is 1.55. The van der Waals surface area contributed by atoms with Gasteiger partial charge in [-0.2, -0.15) is 0 Å². The molecular weight excluding hydrogens is 310 g/mol. The predicted molar refractivity (Wildman–Crippen MR) is 91.5 cm³/mol. The Labute approximate surface area is 137 Å². The molecule has 2 aromatic carbocycles. The lowest BCUT2D eigenvalue weighted by atomic mass is 10.0. The zero-order chi connectivity index (χ0) is 16.3. The van der Waals surface area contributed by atoms with E-state index in [0.29, 0.717) is 18.8 Å². The van der Waals surface area contributed by atoms with Crippen LogP contribution < -0.4 is 10.5 Å². The lowest BCUT2D eigenvalue weighted by Crippen LogP contribution is -2.37. The van der Waals surface area contributed by atoms with E-state index in [9.17, 15) is 8.42 Å². The Morgan fingerprint density at radius 1 is 1.04 bits per heavy atom. The van der Waals surface area contributed by atoms with Gasteiger partial charge in [-0.15, -0.1) is 0 Å². The van der Waals surface area contributed by atoms with Crippen molar-refractivity contribution in [3.05, 3.63) is 59.7 Å². The SMILES string of the molecule is Nc1ccc(S(=O)(=O)NCCN2CCc3ccccc3C2)cc1. The van der Waals surface area contributed by atoms with Crippen molar-refractivity contribution >= 4 is 15.7 Å². The zero-order valence-corrected chi connectivity index (χ0v) is 13.7. The van der Waals surface area contributed by atoms with Crippen molar-refractivity contribution in [3.63, 3.8) is 0 Å². The van der Waals surface area contributed by atoms with Crippen LogP contribution in [0.2, 0.25) is 0 Å². The van der Waals surface area contributed by atoms with E-state index in [1.165, 1.54) is 23.3 Å². The van der Waals surface area contributed by atoms with Crippen LogP contribution in [-0.2, 0) is 23.0 Å². The molecule has 0 saturated carbocycles. The van der Waals surface area contributed by atoms with Crippen LogP contribution in [0.4, 0.5) is 5.69 Å². The average Bonchev–Trinajstić information content (AvgIpc) is 2.55. The molecule has 0 atom stereocenters. The molecule has 1 aliphatic rings. The maximum absolute atomic E-state index is 12.2. The number of rotatable bonds is 5. The van der Waals surface area contributed by atoms with Crippen molar-refractivity contribution in [2.45, 2.75) is 17.9 Å². The number of nitrogens with two attached hydrogens (primary N) is 1. The number of fused-ring (bicyclic) bond motifs is 1. The molecule has 23 heavy (non-hydrogen) atoms. The van der Waals surface area contributed by atoms with Crippen LogP contribution in [0.5, 0.6) is 0 Å². The number of hydrogen-bond donors (Lipinski definition) is 2. The molecule has 3 N–H and O–H groups in total. The minimum Gasteiger partial charge on any atom is -0.399 e. The number of hydrogen-bond acceptors (Lipinski definition) is 4. The van der Waals surface area contributed by atoms with Gasteiger partial charge in [0, 0.05) is 31.9 Å². The number of sulfonamides is 1. The second-order valence-corrected chi connectivity index (χ2v) is 7.53. The molecular formula is C17H21N3O2S. The molecule has 0 aliphatic carbocycles. The standard InChI is InChI=1S/C17H21N3O2S/c18-16-5-7-17(8-6-16)23(21,22)19-10-12-20-11-9-14-3-1-2-4-15(14)13-20/h1-8,19H,9-13,18H2. The average molecular weight is 331 g/mol. The fourth-order valence-electron chi connectivity index (χ4n) is 2.81. The highest BCUT2D eigenvalue weighted by molar-refractivity contribution is 7.89. The summed E-state index contributed by atoms with van der Waals surface area (Å²) in [5.41, 5.74) is 8.86. The second-order valence-electron chi connectivity index (χ2n) is 5.76. The summed E-state index contributed by atoms with van der Waals surface area (Å²) >= 11 is 0. The lowest BCUT2D eigenvalue weighted by Gasteiger charge is -2.28. The largest absolute Gasteiger partial charge is 0.399 e. The van der Waals surface area contributed by atoms with Crippen molar-refractivity contribution in [3.8, 4) is 0 Å². The summed E-state index contributed by atoms with van der Waals surface area (Å²) in [4.78, 5) is 2.52. The van der Waals surface area contributed by atoms with Crippen molar-refractivity contribution < 1.29 is 8.42 Å². The van der Waals surface area contributed by atoms with E-state index in [1.54, 1.807) is 12.1 Å². The van der Waals surface area contributed by atoms with Crippen molar-refractivity contribution in [2.75, 3.05) is 25.4 Å². The molecule has 0 saturated heterocycles. The number of nitrogen functional groups attached to an aromatic ring is 1. The van der Waals surface area contributed by atoms with Gasteiger partial charge >= 0.3 is 0 Å². The molecule has 6 heteroatoms. The molecule has 0 bridgehead atoms. The van der Waals surface area contributed by atoms with Crippen LogP contribution >= 0.6 is 0 Å². The van der Waals surface area contributed by atoms with E-state index in [0.717, 1.165) is 19.5 Å². The predicted octanol–water partition coefficient (Wildman–Crippen LogP) is 1.61. The lowest BCUT2D eigenvalue weighted by molar-refractivity contribution is 0.258. The molecule has 1 heterocycles. The topological polar surface area (TPSA) is 75.4 Å². The summed E-state index contributed by atoms with van der Waals surface area (Å²) in [7, 11) is -3.47. The first kappa shape index (κ1) is 16.0. The smallest absolute Gasteiger partial charge is 0.240 e. The first-order chi connectivity index (χ1) is 11.0. The first-order valence-electron chi connectivity index (χ1n) is 7.69. The highest BCUT2D eigenvalue weighted by atomic mass is 32.2. The van der Waals surface area contributed by atoms with Crippen LogP contribution in [0.3, 0.4) is 0 Å². The summed E-state index contributed by atoms with van der Waals surface area (Å²) in [6, 6.07) is 14.6. The van der Waals surface area contributed by atoms with Crippen LogP contribution in [0.1, 0.15) is 11.1 Å². The Kier molecular flexibility index (Phi) is 4.66. The Morgan fingerprint density at radius 2 is 1.74 bits per heavy atom. The third-order valence-electron chi connectivity index (χ3n) is 4.12. The van der Waals surface area contributed by atoms with Gasteiger partial charge in [-0.3, -0.25) is 4.90 Å². The molecule has 2 aromatic rings. The first-order valence-corrected chi connectivity index (χ1v) is 9.17. The molecule has 5 nitrogen and oxygen atoms in total. The van der Waals surface area contributed by atoms with E-state index in [1.807, 2.05) is 6.07 Å². The molecule has 1 aliphatic heterocycles. The van der Waals surface area contributed by atoms with Gasteiger partial charge in [0.05, 0.1) is 4.90 Å². The quantitative estimate of drug-likeness (QED) is 0.816. The summed E-state index contributed by atoms with van der Waals surface area (Å²) in [5, 5.41) is 0. The van der Waals surface area contributed by atoms with Gasteiger partial charge in [0.25, 0.3) is 0 Å². The van der Waals surface area contributed by atoms with Crippen LogP contribution in [0.25, 0.3) is 0 Å². The van der Waals surface area contributed by atoms with Gasteiger partial charge in [-0.25, -0.2) is 13.1 Å². The number of anilines is 1. The Bertz CT molecular complexity index is 773. The maximum Gasteiger partial charge on any atom is 0.240 e. The van der Waals surface area contributed by atoms with E-state index < -0.39 is 10.0 Å². The van der Waals surface area contributed by atoms with Crippen molar-refractivity contribution in [2.24, 2.45) is 0 Å². The number of benzene rings is 2. The third-order valence-corrected chi connectivity index (χ3v) is 5.60. The highest BCUT2D eigenvalue weighted by Gasteiger charge is 2.17. The van der Waals surface area contributed by atoms with E-state index in [-0.39, 0.29) is 4.90 Å². The monoisotopic (exact) mass is 331 g/mol. The molecule has 0 spiro atoms. The summed E-state index contributed by atoms with van der Waals surface area (Å²) in [5.74, 6) is 0. The third kappa shape index (κ3) is 3.90. The molecule has 0 radical (unpaired) electrons. The van der Waals surface area contributed by atoms with Gasteiger partial charge in [0.15, 0.2) is 0 Å². The number of nitrogens with one attached hydrogen (secondary N) is 1. The van der Waals surface area contributed by atoms with Crippen LogP contribution in [0, 0.1) is 0 Å². The Morgan fingerprint density at radius 3 is 2.48 bits per heavy atom. The summed E-state index contributed by atoms with van der Waals surface area (Å²) in [6.07, 6.45) is 1.01. The zero-order valence-electron chi connectivity index (χ0n) is 12.9. The summed E-state index contributed by atoms with van der Waals surface area (Å²) < 4.78 is 27.1. The highest BCUT2D eigenvalue weighted by Crippen LogP contribution is 2.18. The van der Waals surface area contributed by atoms with Gasteiger partial charge in [0.1, 0.15) is 0 Å². The number of nitrogens with zero attached hydrogens (tertiary/aromatic N) is 1. The maximum atomic E-state index is 12.2. The van der Waals surface area contributed by atoms with Crippen molar-refractivity contribution in [1.29, 1.82) is 0 Å². The fraction of sp³-hybridized carbons (Fsp3) is 0.294. The normalized spacial score (nSPS) is 15.3. The molecule has 0 amide bonds. The van der Waals surface area contributed by atoms with Gasteiger partial charge in [-0.05, 0) is 41.8 Å². The second kappa shape index (κ2) is 6.70. The van der Waals surface area contributed by atoms with E-state index in [4.69, 9.17) is 5.73 Å². The fourth-order valence-corrected chi connectivity index (χ4v) is 3.83. The molecule has 0 aromatic heterocycles. The molecule has 122 valence electrons.